The van der Waals surface area contributed by atoms with Gasteiger partial charge in [0.15, 0.2) is 0 Å². The third-order valence-electron chi connectivity index (χ3n) is 7.97. The van der Waals surface area contributed by atoms with E-state index in [0.29, 0.717) is 23.7 Å². The number of pyridine rings is 2. The second-order valence-electron chi connectivity index (χ2n) is 10.5. The molecule has 3 aromatic heterocycles. The summed E-state index contributed by atoms with van der Waals surface area (Å²) in [5, 5.41) is 0. The third kappa shape index (κ3) is 3.63. The van der Waals surface area contributed by atoms with Crippen LogP contribution >= 0.6 is 0 Å². The van der Waals surface area contributed by atoms with Crippen LogP contribution in [0.15, 0.2) is 61.1 Å². The van der Waals surface area contributed by atoms with E-state index in [0.717, 1.165) is 67.0 Å². The Morgan fingerprint density at radius 3 is 2.69 bits per heavy atom. The van der Waals surface area contributed by atoms with Crippen LogP contribution in [0.3, 0.4) is 0 Å². The van der Waals surface area contributed by atoms with Crippen LogP contribution in [0.1, 0.15) is 43.4 Å². The van der Waals surface area contributed by atoms with E-state index >= 15 is 0 Å². The number of benzene rings is 1. The second kappa shape index (κ2) is 8.40. The van der Waals surface area contributed by atoms with Crippen LogP contribution in [0, 0.1) is 11.8 Å². The monoisotopic (exact) mass is 475 g/mol. The van der Waals surface area contributed by atoms with E-state index in [2.05, 4.69) is 74.9 Å². The highest BCUT2D eigenvalue weighted by atomic mass is 16.2. The van der Waals surface area contributed by atoms with Crippen molar-refractivity contribution in [2.45, 2.75) is 38.6 Å². The molecule has 7 rings (SSSR count). The van der Waals surface area contributed by atoms with Gasteiger partial charge in [-0.05, 0) is 48.4 Å². The van der Waals surface area contributed by atoms with Crippen molar-refractivity contribution in [3.63, 3.8) is 0 Å². The van der Waals surface area contributed by atoms with Crippen LogP contribution < -0.4 is 0 Å². The Morgan fingerprint density at radius 1 is 1.03 bits per heavy atom. The molecule has 1 aromatic carbocycles. The molecule has 0 bridgehead atoms. The number of allylic oxidation sites excluding steroid dienone is 1. The molecule has 1 aliphatic heterocycles. The molecule has 36 heavy (non-hydrogen) atoms. The molecule has 0 spiro atoms. The number of hydrogen-bond donors (Lipinski definition) is 0. The first-order valence-corrected chi connectivity index (χ1v) is 13.0. The molecule has 0 radical (unpaired) electrons. The first-order valence-electron chi connectivity index (χ1n) is 13.0. The summed E-state index contributed by atoms with van der Waals surface area (Å²) in [5.41, 5.74) is 7.88. The van der Waals surface area contributed by atoms with Crippen LogP contribution in [0.5, 0.6) is 0 Å². The van der Waals surface area contributed by atoms with Crippen molar-refractivity contribution in [2.75, 3.05) is 13.1 Å². The second-order valence-corrected chi connectivity index (χ2v) is 10.5. The lowest BCUT2D eigenvalue weighted by Crippen LogP contribution is -2.30. The standard InChI is InChI=1S/C30H29N5O/c1-19-2-9-25-24(10-14-32-28(19)25)21-3-5-22(6-4-21)29-33-26-16-31-13-11-27(26)35(29)18-20-12-15-34(17-20)30(36)23-7-8-23/h2-6,9-11,13-14,16,19-20,23H,7-8,12,15,17-18H2,1H3/t19-,20-/m1/s1. The number of carbonyl (C=O) groups excluding carboxylic acids is 1. The molecule has 0 N–H and O–H groups in total. The predicted octanol–water partition coefficient (Wildman–Crippen LogP) is 5.55. The van der Waals surface area contributed by atoms with Gasteiger partial charge in [-0.2, -0.15) is 0 Å². The molecule has 1 amide bonds. The summed E-state index contributed by atoms with van der Waals surface area (Å²) in [7, 11) is 0. The maximum absolute atomic E-state index is 12.6. The summed E-state index contributed by atoms with van der Waals surface area (Å²) in [6.07, 6.45) is 13.2. The van der Waals surface area contributed by atoms with Gasteiger partial charge in [0.25, 0.3) is 0 Å². The summed E-state index contributed by atoms with van der Waals surface area (Å²) < 4.78 is 2.33. The smallest absolute Gasteiger partial charge is 0.225 e. The minimum absolute atomic E-state index is 0.290. The lowest BCUT2D eigenvalue weighted by molar-refractivity contribution is -0.131. The van der Waals surface area contributed by atoms with Crippen molar-refractivity contribution in [3.05, 3.63) is 72.3 Å². The number of carbonyl (C=O) groups is 1. The zero-order chi connectivity index (χ0) is 24.2. The molecule has 4 aromatic rings. The number of imidazole rings is 1. The Morgan fingerprint density at radius 2 is 1.86 bits per heavy atom. The fourth-order valence-corrected chi connectivity index (χ4v) is 5.83. The quantitative estimate of drug-likeness (QED) is 0.380. The van der Waals surface area contributed by atoms with E-state index in [9.17, 15) is 4.79 Å². The molecule has 4 heterocycles. The minimum atomic E-state index is 0.290. The molecule has 180 valence electrons. The number of hydrogen-bond acceptors (Lipinski definition) is 4. The predicted molar refractivity (Wildman–Crippen MR) is 141 cm³/mol. The SMILES string of the molecule is C[C@@H]1C=Cc2c(-c3ccc(-c4nc5cnccc5n4C[C@@H]4CCN(C(=O)C5CC5)C4)cc3)ccnc21. The van der Waals surface area contributed by atoms with Crippen molar-refractivity contribution in [2.24, 2.45) is 11.8 Å². The maximum Gasteiger partial charge on any atom is 0.225 e. The number of likely N-dealkylation sites (tertiary alicyclic amines) is 1. The highest BCUT2D eigenvalue weighted by molar-refractivity contribution is 5.83. The normalized spacial score (nSPS) is 20.9. The van der Waals surface area contributed by atoms with Crippen molar-refractivity contribution < 1.29 is 4.79 Å². The minimum Gasteiger partial charge on any atom is -0.342 e. The zero-order valence-corrected chi connectivity index (χ0v) is 20.5. The summed E-state index contributed by atoms with van der Waals surface area (Å²) in [6, 6.07) is 12.9. The van der Waals surface area contributed by atoms with Crippen molar-refractivity contribution in [3.8, 4) is 22.5 Å². The number of rotatable bonds is 5. The van der Waals surface area contributed by atoms with Gasteiger partial charge in [0.05, 0.1) is 17.4 Å². The molecular formula is C30H29N5O. The molecule has 2 aliphatic carbocycles. The molecular weight excluding hydrogens is 446 g/mol. The number of aromatic nitrogens is 4. The molecule has 1 saturated heterocycles. The van der Waals surface area contributed by atoms with E-state index < -0.39 is 0 Å². The Kier molecular flexibility index (Phi) is 5.01. The first kappa shape index (κ1) is 21.5. The van der Waals surface area contributed by atoms with Crippen LogP contribution in [0.25, 0.3) is 39.6 Å². The molecule has 2 atom stereocenters. The molecule has 0 unspecified atom stereocenters. The zero-order valence-electron chi connectivity index (χ0n) is 20.5. The highest BCUT2D eigenvalue weighted by Crippen LogP contribution is 2.37. The van der Waals surface area contributed by atoms with Crippen LogP contribution in [0.2, 0.25) is 0 Å². The molecule has 6 heteroatoms. The summed E-state index contributed by atoms with van der Waals surface area (Å²) in [6.45, 7) is 4.76. The van der Waals surface area contributed by atoms with Crippen LogP contribution in [-0.2, 0) is 11.3 Å². The Bertz CT molecular complexity index is 1500. The van der Waals surface area contributed by atoms with E-state index in [1.54, 1.807) is 0 Å². The number of nitrogens with zero attached hydrogens (tertiary/aromatic N) is 5. The van der Waals surface area contributed by atoms with Crippen molar-refractivity contribution in [1.29, 1.82) is 0 Å². The van der Waals surface area contributed by atoms with Gasteiger partial charge in [0.2, 0.25) is 5.91 Å². The molecule has 3 aliphatic rings. The summed E-state index contributed by atoms with van der Waals surface area (Å²) >= 11 is 0. The van der Waals surface area contributed by atoms with Gasteiger partial charge in [-0.25, -0.2) is 4.98 Å². The van der Waals surface area contributed by atoms with E-state index in [1.165, 1.54) is 16.7 Å². The van der Waals surface area contributed by atoms with Crippen LogP contribution in [0.4, 0.5) is 0 Å². The summed E-state index contributed by atoms with van der Waals surface area (Å²) in [4.78, 5) is 28.6. The van der Waals surface area contributed by atoms with Gasteiger partial charge in [-0.1, -0.05) is 43.3 Å². The van der Waals surface area contributed by atoms with E-state index in [4.69, 9.17) is 4.98 Å². The lowest BCUT2D eigenvalue weighted by atomic mass is 9.98. The molecule has 1 saturated carbocycles. The highest BCUT2D eigenvalue weighted by Gasteiger charge is 2.36. The van der Waals surface area contributed by atoms with Gasteiger partial charge in [-0.3, -0.25) is 14.8 Å². The fourth-order valence-electron chi connectivity index (χ4n) is 5.83. The average molecular weight is 476 g/mol. The van der Waals surface area contributed by atoms with Gasteiger partial charge >= 0.3 is 0 Å². The fraction of sp³-hybridized carbons (Fsp3) is 0.333. The van der Waals surface area contributed by atoms with Crippen molar-refractivity contribution >= 4 is 23.0 Å². The first-order chi connectivity index (χ1) is 17.7. The number of fused-ring (bicyclic) bond motifs is 2. The van der Waals surface area contributed by atoms with Gasteiger partial charge in [-0.15, -0.1) is 0 Å². The molecule has 6 nitrogen and oxygen atoms in total. The summed E-state index contributed by atoms with van der Waals surface area (Å²) in [5.74, 6) is 2.41. The third-order valence-corrected chi connectivity index (χ3v) is 7.97. The Balaban J connectivity index is 1.20. The van der Waals surface area contributed by atoms with Gasteiger partial charge < -0.3 is 9.47 Å². The van der Waals surface area contributed by atoms with E-state index in [-0.39, 0.29) is 0 Å². The number of amides is 1. The Labute approximate surface area is 210 Å². The van der Waals surface area contributed by atoms with Crippen LogP contribution in [-0.4, -0.2) is 43.4 Å². The average Bonchev–Trinajstić information content (AvgIpc) is 3.38. The lowest BCUT2D eigenvalue weighted by Gasteiger charge is -2.18. The van der Waals surface area contributed by atoms with Gasteiger partial charge in [0, 0.05) is 55.0 Å². The Hall–Kier alpha value is -3.80. The van der Waals surface area contributed by atoms with Crippen molar-refractivity contribution in [1.82, 2.24) is 24.4 Å². The topological polar surface area (TPSA) is 63.9 Å². The molecule has 2 fully saturated rings. The maximum atomic E-state index is 12.6. The largest absolute Gasteiger partial charge is 0.342 e. The van der Waals surface area contributed by atoms with Gasteiger partial charge in [0.1, 0.15) is 11.3 Å². The van der Waals surface area contributed by atoms with E-state index in [1.807, 2.05) is 18.6 Å².